The average molecular weight is 535 g/mol. The number of ether oxygens (including phenoxy) is 1. The van der Waals surface area contributed by atoms with Gasteiger partial charge < -0.3 is 25.6 Å². The zero-order valence-corrected chi connectivity index (χ0v) is 22.4. The summed E-state index contributed by atoms with van der Waals surface area (Å²) in [6, 6.07) is 8.67. The summed E-state index contributed by atoms with van der Waals surface area (Å²) in [5, 5.41) is 9.85. The third-order valence-electron chi connectivity index (χ3n) is 4.46. The monoisotopic (exact) mass is 533 g/mol. The molecule has 1 aliphatic rings. The van der Waals surface area contributed by atoms with Crippen LogP contribution in [0.1, 0.15) is 13.8 Å². The molecule has 0 saturated heterocycles. The Morgan fingerprint density at radius 2 is 1.97 bits per heavy atom. The first kappa shape index (κ1) is 27.8. The molecule has 4 N–H and O–H groups in total. The maximum absolute atomic E-state index is 14.8. The van der Waals surface area contributed by atoms with E-state index in [1.54, 1.807) is 19.4 Å². The Kier molecular flexibility index (Phi) is 11.8. The number of nitrogens with zero attached hydrogens (tertiary/aromatic N) is 1. The lowest BCUT2D eigenvalue weighted by atomic mass is 10.2. The molecule has 33 heavy (non-hydrogen) atoms. The summed E-state index contributed by atoms with van der Waals surface area (Å²) in [5.74, 6) is 0.352. The fraction of sp³-hybridized carbons (Fsp3) is 0.364. The number of benzene rings is 2. The molecule has 2 aromatic rings. The van der Waals surface area contributed by atoms with Gasteiger partial charge >= 0.3 is 0 Å². The van der Waals surface area contributed by atoms with Crippen molar-refractivity contribution < 1.29 is 9.13 Å². The molecule has 6 nitrogen and oxygen atoms in total. The molecule has 0 aromatic heterocycles. The molecule has 0 bridgehead atoms. The molecule has 0 fully saturated rings. The summed E-state index contributed by atoms with van der Waals surface area (Å²) in [7, 11) is 5.52. The number of hydrogen-bond acceptors (Lipinski definition) is 8. The predicted octanol–water partition coefficient (Wildman–Crippen LogP) is 6.17. The first-order chi connectivity index (χ1) is 15.9. The predicted molar refractivity (Wildman–Crippen MR) is 144 cm³/mol. The third-order valence-corrected chi connectivity index (χ3v) is 7.02. The SMILES string of the molecule is CC.CNCCN(C)c1cc(OC)ccc1Nc1cc(F)c(SNC2NC=C(Cl)S2)cc1Cl. The Balaban J connectivity index is 0.00000187. The first-order valence-electron chi connectivity index (χ1n) is 10.4. The van der Waals surface area contributed by atoms with Crippen molar-refractivity contribution in [1.29, 1.82) is 0 Å². The van der Waals surface area contributed by atoms with Crippen molar-refractivity contribution in [3.8, 4) is 5.75 Å². The van der Waals surface area contributed by atoms with Gasteiger partial charge in [-0.3, -0.25) is 0 Å². The topological polar surface area (TPSA) is 60.6 Å². The van der Waals surface area contributed by atoms with Crippen LogP contribution in [0.25, 0.3) is 0 Å². The van der Waals surface area contributed by atoms with Crippen molar-refractivity contribution in [2.45, 2.75) is 24.2 Å². The van der Waals surface area contributed by atoms with Gasteiger partial charge in [0.05, 0.1) is 38.5 Å². The molecule has 0 amide bonds. The van der Waals surface area contributed by atoms with E-state index in [1.807, 2.05) is 46.1 Å². The minimum Gasteiger partial charge on any atom is -0.497 e. The number of anilines is 3. The molecule has 0 saturated carbocycles. The van der Waals surface area contributed by atoms with E-state index in [4.69, 9.17) is 27.9 Å². The second-order valence-electron chi connectivity index (χ2n) is 6.63. The molecule has 1 heterocycles. The maximum Gasteiger partial charge on any atom is 0.140 e. The first-order valence-corrected chi connectivity index (χ1v) is 12.9. The highest BCUT2D eigenvalue weighted by Gasteiger charge is 2.18. The lowest BCUT2D eigenvalue weighted by molar-refractivity contribution is 0.415. The van der Waals surface area contributed by atoms with Gasteiger partial charge in [0.1, 0.15) is 17.1 Å². The normalized spacial score (nSPS) is 14.7. The van der Waals surface area contributed by atoms with Crippen LogP contribution >= 0.6 is 46.9 Å². The molecule has 1 atom stereocenters. The highest BCUT2D eigenvalue weighted by Crippen LogP contribution is 2.37. The molecule has 0 spiro atoms. The smallest absolute Gasteiger partial charge is 0.140 e. The number of nitrogens with one attached hydrogen (secondary N) is 4. The summed E-state index contributed by atoms with van der Waals surface area (Å²) in [6.45, 7) is 5.60. The molecule has 1 aliphatic heterocycles. The zero-order chi connectivity index (χ0) is 24.4. The minimum atomic E-state index is -0.384. The van der Waals surface area contributed by atoms with Gasteiger partial charge in [0.25, 0.3) is 0 Å². The highest BCUT2D eigenvalue weighted by atomic mass is 35.5. The van der Waals surface area contributed by atoms with E-state index in [2.05, 4.69) is 25.6 Å². The van der Waals surface area contributed by atoms with Crippen molar-refractivity contribution in [3.05, 3.63) is 51.7 Å². The summed E-state index contributed by atoms with van der Waals surface area (Å²) >= 11 is 15.0. The molecule has 1 unspecified atom stereocenters. The van der Waals surface area contributed by atoms with Crippen molar-refractivity contribution in [1.82, 2.24) is 15.4 Å². The number of hydrogen-bond donors (Lipinski definition) is 4. The summed E-state index contributed by atoms with van der Waals surface area (Å²) in [6.07, 6.45) is 1.70. The largest absolute Gasteiger partial charge is 0.497 e. The van der Waals surface area contributed by atoms with Crippen molar-refractivity contribution >= 4 is 64.0 Å². The van der Waals surface area contributed by atoms with Crippen molar-refractivity contribution in [3.63, 3.8) is 0 Å². The van der Waals surface area contributed by atoms with E-state index < -0.39 is 0 Å². The molecule has 3 rings (SSSR count). The number of rotatable bonds is 10. The highest BCUT2D eigenvalue weighted by molar-refractivity contribution is 8.06. The molecule has 182 valence electrons. The van der Waals surface area contributed by atoms with Crippen LogP contribution in [0.5, 0.6) is 5.75 Å². The van der Waals surface area contributed by atoms with Gasteiger partial charge in [-0.15, -0.1) is 0 Å². The maximum atomic E-state index is 14.8. The Hall–Kier alpha value is -1.49. The fourth-order valence-electron chi connectivity index (χ4n) is 2.80. The molecular weight excluding hydrogens is 504 g/mol. The van der Waals surface area contributed by atoms with E-state index in [0.717, 1.165) is 42.2 Å². The van der Waals surface area contributed by atoms with Crippen LogP contribution in [0.4, 0.5) is 21.5 Å². The van der Waals surface area contributed by atoms with Crippen LogP contribution in [0.2, 0.25) is 5.02 Å². The Morgan fingerprint density at radius 1 is 1.21 bits per heavy atom. The van der Waals surface area contributed by atoms with Gasteiger partial charge in [-0.25, -0.2) is 9.11 Å². The molecular formula is C22H30Cl2FN5OS2. The van der Waals surface area contributed by atoms with Crippen LogP contribution < -0.4 is 30.3 Å². The summed E-state index contributed by atoms with van der Waals surface area (Å²) in [4.78, 5) is 2.48. The second-order valence-corrected chi connectivity index (χ2v) is 9.69. The summed E-state index contributed by atoms with van der Waals surface area (Å²) < 4.78 is 23.9. The number of likely N-dealkylation sites (N-methyl/N-ethyl adjacent to an activating group) is 2. The van der Waals surface area contributed by atoms with Gasteiger partial charge in [-0.1, -0.05) is 48.8 Å². The number of methoxy groups -OCH3 is 1. The van der Waals surface area contributed by atoms with Gasteiger partial charge in [0.15, 0.2) is 0 Å². The van der Waals surface area contributed by atoms with E-state index in [9.17, 15) is 4.39 Å². The number of thioether (sulfide) groups is 1. The van der Waals surface area contributed by atoms with Crippen LogP contribution in [0, 0.1) is 5.82 Å². The second kappa shape index (κ2) is 14.0. The van der Waals surface area contributed by atoms with Crippen molar-refractivity contribution in [2.75, 3.05) is 44.5 Å². The molecule has 0 radical (unpaired) electrons. The molecule has 2 aromatic carbocycles. The fourth-order valence-corrected chi connectivity index (χ4v) is 4.88. The van der Waals surface area contributed by atoms with Gasteiger partial charge in [-0.05, 0) is 37.2 Å². The zero-order valence-electron chi connectivity index (χ0n) is 19.3. The van der Waals surface area contributed by atoms with E-state index in [1.165, 1.54) is 17.8 Å². The lowest BCUT2D eigenvalue weighted by Gasteiger charge is -2.24. The van der Waals surface area contributed by atoms with Crippen molar-refractivity contribution in [2.24, 2.45) is 0 Å². The Morgan fingerprint density at radius 3 is 2.61 bits per heavy atom. The lowest BCUT2D eigenvalue weighted by Crippen LogP contribution is -2.28. The van der Waals surface area contributed by atoms with Crippen LogP contribution in [-0.4, -0.2) is 39.8 Å². The van der Waals surface area contributed by atoms with Crippen LogP contribution in [-0.2, 0) is 0 Å². The standard InChI is InChI=1S/C20H24Cl2FN5OS2.C2H6/c1-24-6-7-28(2)17-8-12(29-3)4-5-15(17)26-16-10-14(23)18(9-13(16)21)31-27-20-25-11-19(22)30-20;1-2/h4-5,8-11,20,24-27H,6-7H2,1-3H3;1-2H3. The van der Waals surface area contributed by atoms with Gasteiger partial charge in [-0.2, -0.15) is 0 Å². The van der Waals surface area contributed by atoms with Gasteiger partial charge in [0.2, 0.25) is 0 Å². The summed E-state index contributed by atoms with van der Waals surface area (Å²) in [5.41, 5.74) is 2.06. The number of halogens is 3. The average Bonchev–Trinajstić information content (AvgIpc) is 3.25. The van der Waals surface area contributed by atoms with E-state index in [0.29, 0.717) is 20.0 Å². The van der Waals surface area contributed by atoms with Crippen LogP contribution in [0.15, 0.2) is 45.8 Å². The quantitative estimate of drug-likeness (QED) is 0.270. The Bertz CT molecular complexity index is 951. The Labute approximate surface area is 214 Å². The van der Waals surface area contributed by atoms with Gasteiger partial charge in [0, 0.05) is 38.5 Å². The van der Waals surface area contributed by atoms with E-state index in [-0.39, 0.29) is 11.3 Å². The van der Waals surface area contributed by atoms with E-state index >= 15 is 0 Å². The molecule has 0 aliphatic carbocycles. The minimum absolute atomic E-state index is 0.136. The molecule has 11 heteroatoms. The van der Waals surface area contributed by atoms with Crippen LogP contribution in [0.3, 0.4) is 0 Å². The third kappa shape index (κ3) is 8.05.